The predicted octanol–water partition coefficient (Wildman–Crippen LogP) is 3.35. The summed E-state index contributed by atoms with van der Waals surface area (Å²) in [6, 6.07) is 16.2. The lowest BCUT2D eigenvalue weighted by molar-refractivity contribution is 0.584. The van der Waals surface area contributed by atoms with Crippen LogP contribution in [0.15, 0.2) is 69.1 Å². The van der Waals surface area contributed by atoms with Gasteiger partial charge in [-0.1, -0.05) is 46.3 Å². The molecule has 0 atom stereocenters. The van der Waals surface area contributed by atoms with Gasteiger partial charge in [0, 0.05) is 16.6 Å². The quantitative estimate of drug-likeness (QED) is 0.651. The molecule has 0 bridgehead atoms. The number of hydrogen-bond donors (Lipinski definition) is 1. The van der Waals surface area contributed by atoms with E-state index in [1.807, 2.05) is 30.3 Å². The first kappa shape index (κ1) is 15.7. The van der Waals surface area contributed by atoms with Gasteiger partial charge in [0.15, 0.2) is 0 Å². The Hall–Kier alpha value is -1.66. The van der Waals surface area contributed by atoms with Crippen LogP contribution in [0.2, 0.25) is 0 Å². The second kappa shape index (κ2) is 6.87. The Morgan fingerprint density at radius 3 is 2.33 bits per heavy atom. The maximum absolute atomic E-state index is 12.1. The third-order valence-electron chi connectivity index (χ3n) is 2.78. The standard InChI is InChI=1S/C15H15BrN2O2S/c1-12(11-13-5-3-2-4-6-13)17-18-21(19,20)15-9-7-14(16)8-10-15/h2-10,18H,11H2,1H3/b17-12-. The Morgan fingerprint density at radius 1 is 1.10 bits per heavy atom. The highest BCUT2D eigenvalue weighted by atomic mass is 79.9. The molecule has 2 aromatic rings. The minimum Gasteiger partial charge on any atom is -0.200 e. The molecule has 0 aliphatic carbocycles. The topological polar surface area (TPSA) is 58.5 Å². The third-order valence-corrected chi connectivity index (χ3v) is 4.54. The summed E-state index contributed by atoms with van der Waals surface area (Å²) in [7, 11) is -3.62. The molecule has 0 saturated carbocycles. The normalized spacial score (nSPS) is 12.2. The second-order valence-corrected chi connectivity index (χ2v) is 7.13. The average molecular weight is 367 g/mol. The van der Waals surface area contributed by atoms with E-state index >= 15 is 0 Å². The lowest BCUT2D eigenvalue weighted by Gasteiger charge is -2.05. The van der Waals surface area contributed by atoms with Crippen LogP contribution in [-0.2, 0) is 16.4 Å². The highest BCUT2D eigenvalue weighted by molar-refractivity contribution is 9.10. The highest BCUT2D eigenvalue weighted by Gasteiger charge is 2.12. The number of benzene rings is 2. The molecule has 1 N–H and O–H groups in total. The Labute approximate surface area is 133 Å². The van der Waals surface area contributed by atoms with Gasteiger partial charge in [-0.3, -0.25) is 0 Å². The van der Waals surface area contributed by atoms with Crippen molar-refractivity contribution in [1.82, 2.24) is 4.83 Å². The van der Waals surface area contributed by atoms with Crippen molar-refractivity contribution in [2.24, 2.45) is 5.10 Å². The number of rotatable bonds is 5. The molecule has 4 nitrogen and oxygen atoms in total. The zero-order valence-electron chi connectivity index (χ0n) is 11.5. The molecule has 21 heavy (non-hydrogen) atoms. The van der Waals surface area contributed by atoms with E-state index < -0.39 is 10.0 Å². The summed E-state index contributed by atoms with van der Waals surface area (Å²) < 4.78 is 25.0. The molecule has 0 aliphatic rings. The number of nitrogens with one attached hydrogen (secondary N) is 1. The minimum atomic E-state index is -3.62. The number of hydrazone groups is 1. The fourth-order valence-corrected chi connectivity index (χ4v) is 2.88. The summed E-state index contributed by atoms with van der Waals surface area (Å²) in [5.74, 6) is 0. The van der Waals surface area contributed by atoms with Crippen LogP contribution in [0, 0.1) is 0 Å². The molecule has 0 spiro atoms. The Bertz CT molecular complexity index is 726. The van der Waals surface area contributed by atoms with Crippen LogP contribution in [0.5, 0.6) is 0 Å². The number of halogens is 1. The highest BCUT2D eigenvalue weighted by Crippen LogP contribution is 2.14. The molecule has 0 heterocycles. The van der Waals surface area contributed by atoms with Gasteiger partial charge in [-0.2, -0.15) is 13.5 Å². The molecular weight excluding hydrogens is 352 g/mol. The van der Waals surface area contributed by atoms with Gasteiger partial charge in [-0.25, -0.2) is 4.83 Å². The smallest absolute Gasteiger partial charge is 0.200 e. The van der Waals surface area contributed by atoms with Gasteiger partial charge in [-0.05, 0) is 36.8 Å². The van der Waals surface area contributed by atoms with E-state index in [1.54, 1.807) is 19.1 Å². The average Bonchev–Trinajstić information content (AvgIpc) is 2.47. The van der Waals surface area contributed by atoms with E-state index in [4.69, 9.17) is 0 Å². The first-order valence-electron chi connectivity index (χ1n) is 6.32. The molecule has 0 fully saturated rings. The predicted molar refractivity (Wildman–Crippen MR) is 87.7 cm³/mol. The maximum Gasteiger partial charge on any atom is 0.276 e. The van der Waals surface area contributed by atoms with Crippen LogP contribution >= 0.6 is 15.9 Å². The van der Waals surface area contributed by atoms with Crippen molar-refractivity contribution >= 4 is 31.7 Å². The van der Waals surface area contributed by atoms with Gasteiger partial charge >= 0.3 is 0 Å². The van der Waals surface area contributed by atoms with Crippen molar-refractivity contribution in [3.8, 4) is 0 Å². The van der Waals surface area contributed by atoms with Gasteiger partial charge in [0.05, 0.1) is 4.90 Å². The molecule has 2 aromatic carbocycles. The molecular formula is C15H15BrN2O2S. The van der Waals surface area contributed by atoms with Crippen molar-refractivity contribution in [2.45, 2.75) is 18.2 Å². The minimum absolute atomic E-state index is 0.182. The third kappa shape index (κ3) is 4.68. The Morgan fingerprint density at radius 2 is 1.71 bits per heavy atom. The summed E-state index contributed by atoms with van der Waals surface area (Å²) in [5.41, 5.74) is 1.78. The summed E-state index contributed by atoms with van der Waals surface area (Å²) >= 11 is 3.27. The molecule has 0 unspecified atom stereocenters. The van der Waals surface area contributed by atoms with Crippen molar-refractivity contribution < 1.29 is 8.42 Å². The fourth-order valence-electron chi connectivity index (χ4n) is 1.74. The van der Waals surface area contributed by atoms with Crippen LogP contribution < -0.4 is 4.83 Å². The molecule has 0 aliphatic heterocycles. The SMILES string of the molecule is C/C(Cc1ccccc1)=N/NS(=O)(=O)c1ccc(Br)cc1. The van der Waals surface area contributed by atoms with Gasteiger partial charge in [0.2, 0.25) is 0 Å². The number of nitrogens with zero attached hydrogens (tertiary/aromatic N) is 1. The van der Waals surface area contributed by atoms with Crippen LogP contribution in [0.1, 0.15) is 12.5 Å². The van der Waals surface area contributed by atoms with Crippen molar-refractivity contribution in [3.63, 3.8) is 0 Å². The van der Waals surface area contributed by atoms with E-state index in [2.05, 4.69) is 25.9 Å². The van der Waals surface area contributed by atoms with Crippen LogP contribution in [0.3, 0.4) is 0 Å². The van der Waals surface area contributed by atoms with E-state index in [0.29, 0.717) is 12.1 Å². The first-order valence-corrected chi connectivity index (χ1v) is 8.59. The summed E-state index contributed by atoms with van der Waals surface area (Å²) in [4.78, 5) is 2.44. The lowest BCUT2D eigenvalue weighted by atomic mass is 10.1. The fraction of sp³-hybridized carbons (Fsp3) is 0.133. The summed E-state index contributed by atoms with van der Waals surface area (Å²) in [5, 5.41) is 3.96. The van der Waals surface area contributed by atoms with Crippen molar-refractivity contribution in [1.29, 1.82) is 0 Å². The molecule has 0 saturated heterocycles. The Balaban J connectivity index is 2.06. The van der Waals surface area contributed by atoms with Gasteiger partial charge in [0.1, 0.15) is 0 Å². The number of hydrogen-bond acceptors (Lipinski definition) is 3. The molecule has 2 rings (SSSR count). The molecule has 6 heteroatoms. The van der Waals surface area contributed by atoms with Crippen molar-refractivity contribution in [3.05, 3.63) is 64.6 Å². The van der Waals surface area contributed by atoms with E-state index in [1.165, 1.54) is 12.1 Å². The summed E-state index contributed by atoms with van der Waals surface area (Å²) in [6.45, 7) is 1.79. The van der Waals surface area contributed by atoms with Gasteiger partial charge < -0.3 is 0 Å². The lowest BCUT2D eigenvalue weighted by Crippen LogP contribution is -2.20. The van der Waals surface area contributed by atoms with Gasteiger partial charge in [-0.15, -0.1) is 0 Å². The number of sulfonamides is 1. The molecule has 0 amide bonds. The molecule has 0 aromatic heterocycles. The van der Waals surface area contributed by atoms with E-state index in [9.17, 15) is 8.42 Å². The zero-order chi connectivity index (χ0) is 15.3. The van der Waals surface area contributed by atoms with E-state index in [0.717, 1.165) is 10.0 Å². The largest absolute Gasteiger partial charge is 0.276 e. The summed E-state index contributed by atoms with van der Waals surface area (Å²) in [6.07, 6.45) is 0.601. The van der Waals surface area contributed by atoms with Crippen molar-refractivity contribution in [2.75, 3.05) is 0 Å². The monoisotopic (exact) mass is 366 g/mol. The second-order valence-electron chi connectivity index (χ2n) is 4.56. The zero-order valence-corrected chi connectivity index (χ0v) is 13.9. The van der Waals surface area contributed by atoms with E-state index in [-0.39, 0.29) is 4.90 Å². The van der Waals surface area contributed by atoms with Gasteiger partial charge in [0.25, 0.3) is 10.0 Å². The van der Waals surface area contributed by atoms with Crippen LogP contribution in [-0.4, -0.2) is 14.1 Å². The Kier molecular flexibility index (Phi) is 5.14. The van der Waals surface area contributed by atoms with Crippen LogP contribution in [0.25, 0.3) is 0 Å². The molecule has 0 radical (unpaired) electrons. The molecule has 110 valence electrons. The van der Waals surface area contributed by atoms with Crippen LogP contribution in [0.4, 0.5) is 0 Å². The maximum atomic E-state index is 12.1. The first-order chi connectivity index (χ1) is 9.97.